The summed E-state index contributed by atoms with van der Waals surface area (Å²) in [6.07, 6.45) is 3.13. The minimum atomic E-state index is -0.783. The summed E-state index contributed by atoms with van der Waals surface area (Å²) in [6.45, 7) is 4.65. The van der Waals surface area contributed by atoms with Crippen LogP contribution in [0.3, 0.4) is 0 Å². The van der Waals surface area contributed by atoms with Gasteiger partial charge in [-0.2, -0.15) is 0 Å². The molecule has 30 heavy (non-hydrogen) atoms. The van der Waals surface area contributed by atoms with Crippen molar-refractivity contribution in [3.63, 3.8) is 0 Å². The van der Waals surface area contributed by atoms with Gasteiger partial charge in [0.2, 0.25) is 0 Å². The highest BCUT2D eigenvalue weighted by atomic mass is 19.1. The van der Waals surface area contributed by atoms with Crippen molar-refractivity contribution in [1.29, 1.82) is 0 Å². The molecule has 0 spiro atoms. The predicted molar refractivity (Wildman–Crippen MR) is 108 cm³/mol. The fourth-order valence-electron chi connectivity index (χ4n) is 4.14. The molecule has 2 aliphatic rings. The minimum Gasteiger partial charge on any atom is -0.467 e. The molecule has 8 heteroatoms. The predicted octanol–water partition coefficient (Wildman–Crippen LogP) is 3.35. The summed E-state index contributed by atoms with van der Waals surface area (Å²) in [5, 5.41) is 5.45. The van der Waals surface area contributed by atoms with Gasteiger partial charge in [0.25, 0.3) is 0 Å². The van der Waals surface area contributed by atoms with Crippen LogP contribution in [0.1, 0.15) is 36.3 Å². The van der Waals surface area contributed by atoms with Gasteiger partial charge in [0.15, 0.2) is 0 Å². The van der Waals surface area contributed by atoms with Crippen LogP contribution in [-0.2, 0) is 16.0 Å². The smallest absolute Gasteiger partial charge is 0.338 e. The van der Waals surface area contributed by atoms with E-state index in [-0.39, 0.29) is 24.5 Å². The SMILES string of the molecule is CCOC(=O)C1=C(CN2CCCc3c(C)ccc(F)c32)NC(=O)NC1c1ccco1. The Morgan fingerprint density at radius 3 is 2.93 bits per heavy atom. The van der Waals surface area contributed by atoms with E-state index in [0.29, 0.717) is 23.7 Å². The fraction of sp³-hybridized carbons (Fsp3) is 0.364. The lowest BCUT2D eigenvalue weighted by atomic mass is 9.95. The number of anilines is 1. The first-order valence-electron chi connectivity index (χ1n) is 10.0. The van der Waals surface area contributed by atoms with Gasteiger partial charge in [0, 0.05) is 6.54 Å². The quantitative estimate of drug-likeness (QED) is 0.735. The van der Waals surface area contributed by atoms with Crippen molar-refractivity contribution in [3.8, 4) is 0 Å². The first-order chi connectivity index (χ1) is 14.5. The van der Waals surface area contributed by atoms with E-state index in [1.165, 1.54) is 12.3 Å². The minimum absolute atomic E-state index is 0.173. The Labute approximate surface area is 173 Å². The molecule has 0 saturated carbocycles. The Hall–Kier alpha value is -3.29. The van der Waals surface area contributed by atoms with Gasteiger partial charge in [0.05, 0.1) is 36.4 Å². The van der Waals surface area contributed by atoms with Crippen molar-refractivity contribution in [3.05, 3.63) is 64.5 Å². The third-order valence-corrected chi connectivity index (χ3v) is 5.46. The Morgan fingerprint density at radius 2 is 2.20 bits per heavy atom. The second kappa shape index (κ2) is 8.22. The largest absolute Gasteiger partial charge is 0.467 e. The summed E-state index contributed by atoms with van der Waals surface area (Å²) < 4.78 is 25.5. The summed E-state index contributed by atoms with van der Waals surface area (Å²) in [4.78, 5) is 27.1. The third kappa shape index (κ3) is 3.65. The van der Waals surface area contributed by atoms with Crippen LogP contribution in [0.2, 0.25) is 0 Å². The number of ether oxygens (including phenoxy) is 1. The molecule has 1 atom stereocenters. The van der Waals surface area contributed by atoms with Gasteiger partial charge < -0.3 is 24.7 Å². The zero-order valence-electron chi connectivity index (χ0n) is 17.0. The third-order valence-electron chi connectivity index (χ3n) is 5.46. The van der Waals surface area contributed by atoms with Gasteiger partial charge >= 0.3 is 12.0 Å². The molecule has 0 radical (unpaired) electrons. The van der Waals surface area contributed by atoms with E-state index in [1.807, 2.05) is 11.8 Å². The number of nitrogens with zero attached hydrogens (tertiary/aromatic N) is 1. The first-order valence-corrected chi connectivity index (χ1v) is 10.0. The zero-order chi connectivity index (χ0) is 21.3. The molecule has 4 rings (SSSR count). The topological polar surface area (TPSA) is 83.8 Å². The lowest BCUT2D eigenvalue weighted by Gasteiger charge is -2.35. The molecular weight excluding hydrogens is 389 g/mol. The molecule has 7 nitrogen and oxygen atoms in total. The Morgan fingerprint density at radius 1 is 1.37 bits per heavy atom. The molecule has 0 aliphatic carbocycles. The number of hydrogen-bond donors (Lipinski definition) is 2. The molecule has 3 heterocycles. The average molecular weight is 413 g/mol. The van der Waals surface area contributed by atoms with Crippen molar-refractivity contribution in [1.82, 2.24) is 10.6 Å². The Bertz CT molecular complexity index is 1000. The van der Waals surface area contributed by atoms with E-state index < -0.39 is 18.0 Å². The number of carbonyl (C=O) groups is 2. The number of amides is 2. The number of furan rings is 1. The van der Waals surface area contributed by atoms with E-state index >= 15 is 0 Å². The maximum atomic E-state index is 14.7. The number of hydrogen-bond acceptors (Lipinski definition) is 5. The molecule has 2 N–H and O–H groups in total. The summed E-state index contributed by atoms with van der Waals surface area (Å²) in [5.41, 5.74) is 3.15. The van der Waals surface area contributed by atoms with Crippen LogP contribution in [0.15, 0.2) is 46.2 Å². The second-order valence-electron chi connectivity index (χ2n) is 7.38. The number of carbonyl (C=O) groups excluding carboxylic acids is 2. The lowest BCUT2D eigenvalue weighted by molar-refractivity contribution is -0.139. The molecule has 1 aromatic heterocycles. The highest BCUT2D eigenvalue weighted by Gasteiger charge is 2.36. The number of halogens is 1. The summed E-state index contributed by atoms with van der Waals surface area (Å²) in [7, 11) is 0. The number of fused-ring (bicyclic) bond motifs is 1. The van der Waals surface area contributed by atoms with Crippen LogP contribution in [0.4, 0.5) is 14.9 Å². The van der Waals surface area contributed by atoms with Gasteiger partial charge in [-0.1, -0.05) is 6.07 Å². The molecule has 0 fully saturated rings. The summed E-state index contributed by atoms with van der Waals surface area (Å²) in [6, 6.07) is 5.37. The molecule has 1 aromatic carbocycles. The zero-order valence-corrected chi connectivity index (χ0v) is 17.0. The van der Waals surface area contributed by atoms with Crippen LogP contribution in [0.5, 0.6) is 0 Å². The van der Waals surface area contributed by atoms with E-state index in [0.717, 1.165) is 24.0 Å². The highest BCUT2D eigenvalue weighted by molar-refractivity contribution is 5.95. The van der Waals surface area contributed by atoms with Crippen molar-refractivity contribution in [2.24, 2.45) is 0 Å². The van der Waals surface area contributed by atoms with Gasteiger partial charge in [-0.25, -0.2) is 14.0 Å². The number of esters is 1. The van der Waals surface area contributed by atoms with Gasteiger partial charge in [0.1, 0.15) is 17.6 Å². The number of benzene rings is 1. The molecule has 0 saturated heterocycles. The Balaban J connectivity index is 1.77. The maximum Gasteiger partial charge on any atom is 0.338 e. The monoisotopic (exact) mass is 413 g/mol. The van der Waals surface area contributed by atoms with Crippen molar-refractivity contribution in [2.75, 3.05) is 24.6 Å². The molecule has 0 bridgehead atoms. The van der Waals surface area contributed by atoms with Gasteiger partial charge in [-0.05, 0) is 56.0 Å². The fourth-order valence-corrected chi connectivity index (χ4v) is 4.14. The molecule has 158 valence electrons. The van der Waals surface area contributed by atoms with Crippen LogP contribution in [-0.4, -0.2) is 31.7 Å². The molecule has 2 aromatic rings. The van der Waals surface area contributed by atoms with Crippen LogP contribution in [0.25, 0.3) is 0 Å². The molecule has 2 aliphatic heterocycles. The normalized spacial score (nSPS) is 18.6. The van der Waals surface area contributed by atoms with Gasteiger partial charge in [-0.15, -0.1) is 0 Å². The maximum absolute atomic E-state index is 14.7. The van der Waals surface area contributed by atoms with Crippen LogP contribution < -0.4 is 15.5 Å². The van der Waals surface area contributed by atoms with Crippen molar-refractivity contribution < 1.29 is 23.1 Å². The number of urea groups is 1. The second-order valence-corrected chi connectivity index (χ2v) is 7.38. The van der Waals surface area contributed by atoms with Crippen molar-refractivity contribution >= 4 is 17.7 Å². The van der Waals surface area contributed by atoms with E-state index in [2.05, 4.69) is 10.6 Å². The lowest BCUT2D eigenvalue weighted by Crippen LogP contribution is -2.49. The summed E-state index contributed by atoms with van der Waals surface area (Å²) >= 11 is 0. The van der Waals surface area contributed by atoms with Crippen LogP contribution >= 0.6 is 0 Å². The highest BCUT2D eigenvalue weighted by Crippen LogP contribution is 2.34. The Kier molecular flexibility index (Phi) is 5.48. The number of rotatable bonds is 5. The van der Waals surface area contributed by atoms with Crippen LogP contribution in [0, 0.1) is 12.7 Å². The van der Waals surface area contributed by atoms with Gasteiger partial charge in [-0.3, -0.25) is 0 Å². The first kappa shape index (κ1) is 20.0. The molecule has 1 unspecified atom stereocenters. The summed E-state index contributed by atoms with van der Waals surface area (Å²) in [5.74, 6) is -0.439. The van der Waals surface area contributed by atoms with E-state index in [4.69, 9.17) is 9.15 Å². The van der Waals surface area contributed by atoms with E-state index in [1.54, 1.807) is 25.1 Å². The number of nitrogens with one attached hydrogen (secondary N) is 2. The van der Waals surface area contributed by atoms with Crippen molar-refractivity contribution in [2.45, 2.75) is 32.7 Å². The number of aryl methyl sites for hydroxylation is 1. The average Bonchev–Trinajstić information content (AvgIpc) is 3.25. The van der Waals surface area contributed by atoms with E-state index in [9.17, 15) is 14.0 Å². The molecule has 2 amide bonds. The standard InChI is InChI=1S/C22H24FN3O4/c1-3-29-21(27)18-16(24-22(28)25-19(18)17-7-5-11-30-17)12-26-10-4-6-14-13(2)8-9-15(23)20(14)26/h5,7-9,11,19H,3-4,6,10,12H2,1-2H3,(H2,24,25,28). The molecular formula is C22H24FN3O4.